The fourth-order valence-corrected chi connectivity index (χ4v) is 1.49. The number of hydrogen-bond donors (Lipinski definition) is 2. The lowest BCUT2D eigenvalue weighted by Crippen LogP contribution is -2.57. The average Bonchev–Trinajstić information content (AvgIpc) is 2.01. The number of aliphatic carboxylic acids is 1. The van der Waals surface area contributed by atoms with Gasteiger partial charge >= 0.3 is 5.97 Å². The zero-order chi connectivity index (χ0) is 9.73. The number of rotatable bonds is 5. The maximum atomic E-state index is 10.8. The number of nitrogens with zero attached hydrogens (tertiary/aromatic N) is 1. The van der Waals surface area contributed by atoms with Gasteiger partial charge in [-0.05, 0) is 32.2 Å². The van der Waals surface area contributed by atoms with Crippen molar-refractivity contribution in [1.82, 2.24) is 5.32 Å². The Morgan fingerprint density at radius 3 is 2.69 bits per heavy atom. The first-order valence-corrected chi connectivity index (χ1v) is 4.57. The van der Waals surface area contributed by atoms with Crippen LogP contribution in [0, 0.1) is 11.3 Å². The van der Waals surface area contributed by atoms with Crippen LogP contribution in [0.25, 0.3) is 0 Å². The van der Waals surface area contributed by atoms with Crippen molar-refractivity contribution >= 4 is 5.97 Å². The summed E-state index contributed by atoms with van der Waals surface area (Å²) in [5.74, 6) is -0.754. The molecule has 0 aromatic heterocycles. The van der Waals surface area contributed by atoms with Crippen molar-refractivity contribution in [3.8, 4) is 6.07 Å². The summed E-state index contributed by atoms with van der Waals surface area (Å²) in [6.45, 7) is 0.625. The van der Waals surface area contributed by atoms with Crippen LogP contribution in [0.4, 0.5) is 0 Å². The Hall–Kier alpha value is -1.08. The summed E-state index contributed by atoms with van der Waals surface area (Å²) in [5.41, 5.74) is -0.671. The van der Waals surface area contributed by atoms with E-state index in [-0.39, 0.29) is 0 Å². The Labute approximate surface area is 77.6 Å². The van der Waals surface area contributed by atoms with Crippen LogP contribution < -0.4 is 5.32 Å². The molecule has 4 heteroatoms. The first-order valence-electron chi connectivity index (χ1n) is 4.57. The minimum Gasteiger partial charge on any atom is -0.480 e. The first kappa shape index (κ1) is 10.0. The number of carbonyl (C=O) groups is 1. The van der Waals surface area contributed by atoms with Crippen LogP contribution in [0.2, 0.25) is 0 Å². The third-order valence-corrected chi connectivity index (χ3v) is 2.55. The molecule has 1 aliphatic rings. The fourth-order valence-electron chi connectivity index (χ4n) is 1.49. The van der Waals surface area contributed by atoms with E-state index < -0.39 is 11.5 Å². The molecule has 1 aliphatic carbocycles. The molecule has 0 spiro atoms. The van der Waals surface area contributed by atoms with Gasteiger partial charge in [0.15, 0.2) is 0 Å². The Morgan fingerprint density at radius 1 is 1.62 bits per heavy atom. The molecule has 1 rings (SSSR count). The molecule has 0 aromatic carbocycles. The minimum absolute atomic E-state index is 0.489. The van der Waals surface area contributed by atoms with Crippen LogP contribution in [0.1, 0.15) is 32.1 Å². The van der Waals surface area contributed by atoms with Crippen LogP contribution in [-0.2, 0) is 4.79 Å². The van der Waals surface area contributed by atoms with Crippen LogP contribution in [0.5, 0.6) is 0 Å². The van der Waals surface area contributed by atoms with E-state index in [4.69, 9.17) is 10.4 Å². The second-order valence-electron chi connectivity index (χ2n) is 3.43. The Balaban J connectivity index is 2.25. The highest BCUT2D eigenvalue weighted by Crippen LogP contribution is 2.31. The van der Waals surface area contributed by atoms with Gasteiger partial charge in [0, 0.05) is 6.42 Å². The molecule has 0 atom stereocenters. The molecule has 0 amide bonds. The van der Waals surface area contributed by atoms with Crippen molar-refractivity contribution in [1.29, 1.82) is 5.26 Å². The third kappa shape index (κ3) is 2.19. The maximum absolute atomic E-state index is 10.8. The zero-order valence-corrected chi connectivity index (χ0v) is 7.55. The van der Waals surface area contributed by atoms with Gasteiger partial charge in [-0.1, -0.05) is 0 Å². The number of unbranched alkanes of at least 4 members (excludes halogenated alkanes) is 1. The number of carboxylic acids is 1. The molecule has 0 saturated heterocycles. The molecule has 0 aromatic rings. The molecule has 1 fully saturated rings. The highest BCUT2D eigenvalue weighted by molar-refractivity contribution is 5.79. The predicted molar refractivity (Wildman–Crippen MR) is 47.1 cm³/mol. The van der Waals surface area contributed by atoms with Crippen LogP contribution >= 0.6 is 0 Å². The van der Waals surface area contributed by atoms with Gasteiger partial charge in [0.1, 0.15) is 5.54 Å². The topological polar surface area (TPSA) is 73.1 Å². The summed E-state index contributed by atoms with van der Waals surface area (Å²) in [7, 11) is 0. The quantitative estimate of drug-likeness (QED) is 0.619. The summed E-state index contributed by atoms with van der Waals surface area (Å²) in [6.07, 6.45) is 3.63. The minimum atomic E-state index is -0.754. The van der Waals surface area contributed by atoms with Gasteiger partial charge in [-0.15, -0.1) is 0 Å². The summed E-state index contributed by atoms with van der Waals surface area (Å²) in [6, 6.07) is 2.03. The predicted octanol–water partition coefficient (Wildman–Crippen LogP) is 0.887. The van der Waals surface area contributed by atoms with E-state index in [1.807, 2.05) is 6.07 Å². The second kappa shape index (κ2) is 4.24. The normalized spacial score (nSPS) is 18.7. The smallest absolute Gasteiger partial charge is 0.323 e. The van der Waals surface area contributed by atoms with E-state index in [0.29, 0.717) is 13.0 Å². The fraction of sp³-hybridized carbons (Fsp3) is 0.778. The molecule has 72 valence electrons. The van der Waals surface area contributed by atoms with E-state index in [1.54, 1.807) is 0 Å². The average molecular weight is 182 g/mol. The summed E-state index contributed by atoms with van der Waals surface area (Å²) in [4.78, 5) is 10.8. The third-order valence-electron chi connectivity index (χ3n) is 2.55. The van der Waals surface area contributed by atoms with Crippen LogP contribution in [0.15, 0.2) is 0 Å². The lowest BCUT2D eigenvalue weighted by Gasteiger charge is -2.38. The standard InChI is InChI=1S/C9H14N2O2/c10-6-1-2-7-11-9(8(12)13)4-3-5-9/h11H,1-5,7H2,(H,12,13). The molecule has 0 unspecified atom stereocenters. The van der Waals surface area contributed by atoms with Gasteiger partial charge in [0.25, 0.3) is 0 Å². The van der Waals surface area contributed by atoms with E-state index in [9.17, 15) is 4.79 Å². The number of hydrogen-bond acceptors (Lipinski definition) is 3. The van der Waals surface area contributed by atoms with Crippen LogP contribution in [-0.4, -0.2) is 23.2 Å². The molecule has 4 nitrogen and oxygen atoms in total. The van der Waals surface area contributed by atoms with E-state index in [2.05, 4.69) is 5.32 Å². The van der Waals surface area contributed by atoms with E-state index in [1.165, 1.54) is 0 Å². The molecule has 0 radical (unpaired) electrons. The van der Waals surface area contributed by atoms with Gasteiger partial charge in [0.05, 0.1) is 6.07 Å². The summed E-state index contributed by atoms with van der Waals surface area (Å²) >= 11 is 0. The molecule has 13 heavy (non-hydrogen) atoms. The Kier molecular flexibility index (Phi) is 3.26. The molecule has 1 saturated carbocycles. The van der Waals surface area contributed by atoms with Crippen molar-refractivity contribution in [3.63, 3.8) is 0 Å². The number of nitriles is 1. The lowest BCUT2D eigenvalue weighted by molar-refractivity contribution is -0.148. The van der Waals surface area contributed by atoms with Gasteiger partial charge in [-0.25, -0.2) is 0 Å². The second-order valence-corrected chi connectivity index (χ2v) is 3.43. The molecule has 0 bridgehead atoms. The lowest BCUT2D eigenvalue weighted by atomic mass is 9.77. The van der Waals surface area contributed by atoms with E-state index >= 15 is 0 Å². The number of nitrogens with one attached hydrogen (secondary N) is 1. The zero-order valence-electron chi connectivity index (χ0n) is 7.55. The monoisotopic (exact) mass is 182 g/mol. The SMILES string of the molecule is N#CCCCNC1(C(=O)O)CCC1. The van der Waals surface area contributed by atoms with E-state index in [0.717, 1.165) is 25.7 Å². The molecule has 2 N–H and O–H groups in total. The highest BCUT2D eigenvalue weighted by atomic mass is 16.4. The van der Waals surface area contributed by atoms with Gasteiger partial charge < -0.3 is 10.4 Å². The summed E-state index contributed by atoms with van der Waals surface area (Å²) < 4.78 is 0. The molecule has 0 heterocycles. The van der Waals surface area contributed by atoms with Gasteiger partial charge in [0.2, 0.25) is 0 Å². The maximum Gasteiger partial charge on any atom is 0.323 e. The first-order chi connectivity index (χ1) is 6.21. The Morgan fingerprint density at radius 2 is 2.31 bits per heavy atom. The van der Waals surface area contributed by atoms with Crippen molar-refractivity contribution < 1.29 is 9.90 Å². The molecular formula is C9H14N2O2. The highest BCUT2D eigenvalue weighted by Gasteiger charge is 2.43. The van der Waals surface area contributed by atoms with Crippen molar-refractivity contribution in [2.75, 3.05) is 6.54 Å². The van der Waals surface area contributed by atoms with Gasteiger partial charge in [-0.2, -0.15) is 5.26 Å². The van der Waals surface area contributed by atoms with Crippen molar-refractivity contribution in [2.24, 2.45) is 0 Å². The number of carboxylic acid groups (broad SMARTS) is 1. The van der Waals surface area contributed by atoms with Crippen molar-refractivity contribution in [3.05, 3.63) is 0 Å². The largest absolute Gasteiger partial charge is 0.480 e. The van der Waals surface area contributed by atoms with Gasteiger partial charge in [-0.3, -0.25) is 4.79 Å². The van der Waals surface area contributed by atoms with Crippen LogP contribution in [0.3, 0.4) is 0 Å². The molecular weight excluding hydrogens is 168 g/mol. The Bertz CT molecular complexity index is 228. The summed E-state index contributed by atoms with van der Waals surface area (Å²) in [5, 5.41) is 20.2. The van der Waals surface area contributed by atoms with Crippen molar-refractivity contribution in [2.45, 2.75) is 37.6 Å². The molecule has 0 aliphatic heterocycles.